The normalized spacial score (nSPS) is 16.9. The molecule has 0 bridgehead atoms. The number of aliphatic hydroxyl groups excluding tert-OH is 2. The van der Waals surface area contributed by atoms with Crippen LogP contribution in [0.5, 0.6) is 0 Å². The maximum atomic E-state index is 11.3. The topological polar surface area (TPSA) is 113 Å². The third kappa shape index (κ3) is 2.34. The van der Waals surface area contributed by atoms with Crippen molar-refractivity contribution in [3.05, 3.63) is 34.9 Å². The summed E-state index contributed by atoms with van der Waals surface area (Å²) in [5.74, 6) is -0.830. The Labute approximate surface area is 103 Å². The van der Waals surface area contributed by atoms with Crippen molar-refractivity contribution in [2.24, 2.45) is 5.73 Å². The standard InChI is InChI=1S/C12H14N2O4/c13-10(16)4-9(15)11(17)6-1-2-8-7(3-6)5-14-12(8)18/h1-3,9,11,15,17H,4-5H2,(H2,13,16)(H,14,18). The fraction of sp³-hybridized carbons (Fsp3) is 0.333. The van der Waals surface area contributed by atoms with E-state index in [-0.39, 0.29) is 12.3 Å². The van der Waals surface area contributed by atoms with Gasteiger partial charge in [-0.1, -0.05) is 12.1 Å². The molecule has 0 saturated heterocycles. The summed E-state index contributed by atoms with van der Waals surface area (Å²) in [5, 5.41) is 22.1. The first-order valence-corrected chi connectivity index (χ1v) is 5.54. The number of carbonyl (C=O) groups excluding carboxylic acids is 2. The highest BCUT2D eigenvalue weighted by Gasteiger charge is 2.24. The molecule has 0 aromatic heterocycles. The van der Waals surface area contributed by atoms with Gasteiger partial charge in [-0.3, -0.25) is 9.59 Å². The van der Waals surface area contributed by atoms with Gasteiger partial charge >= 0.3 is 0 Å². The van der Waals surface area contributed by atoms with Crippen LogP contribution in [0.2, 0.25) is 0 Å². The van der Waals surface area contributed by atoms with Gasteiger partial charge in [-0.25, -0.2) is 0 Å². The molecule has 6 nitrogen and oxygen atoms in total. The van der Waals surface area contributed by atoms with Crippen LogP contribution in [0.25, 0.3) is 0 Å². The highest BCUT2D eigenvalue weighted by atomic mass is 16.3. The Bertz CT molecular complexity index is 501. The molecule has 2 unspecified atom stereocenters. The van der Waals surface area contributed by atoms with Crippen LogP contribution in [0, 0.1) is 0 Å². The zero-order valence-corrected chi connectivity index (χ0v) is 9.59. The third-order valence-corrected chi connectivity index (χ3v) is 2.93. The van der Waals surface area contributed by atoms with Crippen LogP contribution in [0.15, 0.2) is 18.2 Å². The SMILES string of the molecule is NC(=O)CC(O)C(O)c1ccc2c(c1)CNC2=O. The van der Waals surface area contributed by atoms with E-state index in [0.717, 1.165) is 5.56 Å². The molecule has 1 aliphatic rings. The minimum atomic E-state index is -1.24. The number of hydrogen-bond acceptors (Lipinski definition) is 4. The molecule has 0 aliphatic carbocycles. The van der Waals surface area contributed by atoms with Crippen molar-refractivity contribution in [1.29, 1.82) is 0 Å². The van der Waals surface area contributed by atoms with Gasteiger partial charge in [-0.05, 0) is 17.2 Å². The largest absolute Gasteiger partial charge is 0.390 e. The van der Waals surface area contributed by atoms with Gasteiger partial charge in [-0.15, -0.1) is 0 Å². The van der Waals surface area contributed by atoms with Crippen molar-refractivity contribution in [2.75, 3.05) is 0 Å². The van der Waals surface area contributed by atoms with Gasteiger partial charge in [0.05, 0.1) is 12.5 Å². The van der Waals surface area contributed by atoms with Crippen molar-refractivity contribution >= 4 is 11.8 Å². The maximum Gasteiger partial charge on any atom is 0.251 e. The summed E-state index contributed by atoms with van der Waals surface area (Å²) in [6, 6.07) is 4.79. The maximum absolute atomic E-state index is 11.3. The number of benzene rings is 1. The summed E-state index contributed by atoms with van der Waals surface area (Å²) >= 11 is 0. The number of primary amides is 1. The second-order valence-corrected chi connectivity index (χ2v) is 4.28. The van der Waals surface area contributed by atoms with E-state index in [1.54, 1.807) is 18.2 Å². The number of nitrogens with two attached hydrogens (primary N) is 1. The van der Waals surface area contributed by atoms with Crippen LogP contribution in [-0.4, -0.2) is 28.1 Å². The molecule has 1 aromatic rings. The molecule has 6 heteroatoms. The zero-order chi connectivity index (χ0) is 13.3. The predicted octanol–water partition coefficient (Wildman–Crippen LogP) is -0.800. The van der Waals surface area contributed by atoms with Gasteiger partial charge in [0.1, 0.15) is 6.10 Å². The molecule has 18 heavy (non-hydrogen) atoms. The van der Waals surface area contributed by atoms with E-state index in [1.165, 1.54) is 0 Å². The minimum Gasteiger partial charge on any atom is -0.390 e. The quantitative estimate of drug-likeness (QED) is 0.560. The van der Waals surface area contributed by atoms with E-state index in [0.29, 0.717) is 17.7 Å². The third-order valence-electron chi connectivity index (χ3n) is 2.93. The van der Waals surface area contributed by atoms with Crippen LogP contribution < -0.4 is 11.1 Å². The Morgan fingerprint density at radius 2 is 2.17 bits per heavy atom. The van der Waals surface area contributed by atoms with Crippen LogP contribution in [-0.2, 0) is 11.3 Å². The van der Waals surface area contributed by atoms with Crippen LogP contribution >= 0.6 is 0 Å². The first kappa shape index (κ1) is 12.5. The predicted molar refractivity (Wildman–Crippen MR) is 62.4 cm³/mol. The average Bonchev–Trinajstić information content (AvgIpc) is 2.69. The lowest BCUT2D eigenvalue weighted by molar-refractivity contribution is -0.121. The molecule has 96 valence electrons. The van der Waals surface area contributed by atoms with E-state index in [2.05, 4.69) is 5.32 Å². The number of amides is 2. The molecule has 2 rings (SSSR count). The lowest BCUT2D eigenvalue weighted by atomic mass is 9.98. The van der Waals surface area contributed by atoms with Gasteiger partial charge in [0, 0.05) is 12.1 Å². The van der Waals surface area contributed by atoms with Crippen molar-refractivity contribution in [2.45, 2.75) is 25.2 Å². The minimum absolute atomic E-state index is 0.149. The molecule has 1 aliphatic heterocycles. The Hall–Kier alpha value is -1.92. The number of nitrogens with one attached hydrogen (secondary N) is 1. The van der Waals surface area contributed by atoms with Crippen molar-refractivity contribution in [3.8, 4) is 0 Å². The molecular formula is C12H14N2O4. The van der Waals surface area contributed by atoms with Gasteiger partial charge in [-0.2, -0.15) is 0 Å². The van der Waals surface area contributed by atoms with E-state index < -0.39 is 18.1 Å². The first-order chi connectivity index (χ1) is 8.49. The van der Waals surface area contributed by atoms with E-state index in [9.17, 15) is 19.8 Å². The monoisotopic (exact) mass is 250 g/mol. The van der Waals surface area contributed by atoms with Gasteiger partial charge < -0.3 is 21.3 Å². The van der Waals surface area contributed by atoms with E-state index >= 15 is 0 Å². The summed E-state index contributed by atoms with van der Waals surface area (Å²) in [4.78, 5) is 22.0. The van der Waals surface area contributed by atoms with Crippen LogP contribution in [0.1, 0.15) is 34.0 Å². The first-order valence-electron chi connectivity index (χ1n) is 5.54. The molecule has 2 amide bonds. The summed E-state index contributed by atoms with van der Waals surface area (Å²) in [5.41, 5.74) is 6.74. The Morgan fingerprint density at radius 1 is 1.44 bits per heavy atom. The fourth-order valence-electron chi connectivity index (χ4n) is 1.98. The fourth-order valence-corrected chi connectivity index (χ4v) is 1.98. The van der Waals surface area contributed by atoms with Crippen molar-refractivity contribution in [3.63, 3.8) is 0 Å². The molecule has 1 aromatic carbocycles. The van der Waals surface area contributed by atoms with Gasteiger partial charge in [0.2, 0.25) is 5.91 Å². The van der Waals surface area contributed by atoms with Gasteiger partial charge in [0.15, 0.2) is 0 Å². The van der Waals surface area contributed by atoms with E-state index in [4.69, 9.17) is 5.73 Å². The van der Waals surface area contributed by atoms with Crippen molar-refractivity contribution in [1.82, 2.24) is 5.32 Å². The summed E-state index contributed by atoms with van der Waals surface area (Å²) in [7, 11) is 0. The molecule has 2 atom stereocenters. The number of hydrogen-bond donors (Lipinski definition) is 4. The Morgan fingerprint density at radius 3 is 2.83 bits per heavy atom. The molecule has 5 N–H and O–H groups in total. The van der Waals surface area contributed by atoms with Crippen LogP contribution in [0.3, 0.4) is 0 Å². The Kier molecular flexibility index (Phi) is 3.31. The van der Waals surface area contributed by atoms with Gasteiger partial charge in [0.25, 0.3) is 5.91 Å². The summed E-state index contributed by atoms with van der Waals surface area (Å²) < 4.78 is 0. The summed E-state index contributed by atoms with van der Waals surface area (Å²) in [6.45, 7) is 0.403. The number of aliphatic hydroxyl groups is 2. The highest BCUT2D eigenvalue weighted by Crippen LogP contribution is 2.24. The lowest BCUT2D eigenvalue weighted by Gasteiger charge is -2.17. The smallest absolute Gasteiger partial charge is 0.251 e. The molecule has 0 radical (unpaired) electrons. The number of carbonyl (C=O) groups is 2. The lowest BCUT2D eigenvalue weighted by Crippen LogP contribution is -2.25. The van der Waals surface area contributed by atoms with Crippen molar-refractivity contribution < 1.29 is 19.8 Å². The van der Waals surface area contributed by atoms with Crippen LogP contribution in [0.4, 0.5) is 0 Å². The second-order valence-electron chi connectivity index (χ2n) is 4.28. The molecule has 0 fully saturated rings. The number of fused-ring (bicyclic) bond motifs is 1. The van der Waals surface area contributed by atoms with E-state index in [1.807, 2.05) is 0 Å². The molecule has 0 saturated carbocycles. The molecular weight excluding hydrogens is 236 g/mol. The summed E-state index contributed by atoms with van der Waals surface area (Å²) in [6.07, 6.45) is -2.75. The molecule has 0 spiro atoms. The average molecular weight is 250 g/mol. The Balaban J connectivity index is 2.19. The molecule has 1 heterocycles. The second kappa shape index (κ2) is 4.75. The zero-order valence-electron chi connectivity index (χ0n) is 9.59. The highest BCUT2D eigenvalue weighted by molar-refractivity contribution is 5.98. The number of rotatable bonds is 4.